The number of methoxy groups -OCH3 is 1. The molecule has 1 aromatic carbocycles. The Balaban J connectivity index is 2.09. The summed E-state index contributed by atoms with van der Waals surface area (Å²) >= 11 is 1.40. The highest BCUT2D eigenvalue weighted by atomic mass is 32.1. The monoisotopic (exact) mass is 350 g/mol. The second kappa shape index (κ2) is 8.02. The normalized spacial score (nSPS) is 10.6. The van der Waals surface area contributed by atoms with Gasteiger partial charge in [0.25, 0.3) is 0 Å². The number of nitro benzene ring substituents is 1. The van der Waals surface area contributed by atoms with E-state index in [0.29, 0.717) is 10.7 Å². The molecule has 1 aromatic heterocycles. The Morgan fingerprint density at radius 3 is 2.96 bits per heavy atom. The van der Waals surface area contributed by atoms with Crippen molar-refractivity contribution >= 4 is 34.3 Å². The molecule has 0 aliphatic heterocycles. The second-order valence-electron chi connectivity index (χ2n) is 4.51. The van der Waals surface area contributed by atoms with Gasteiger partial charge in [-0.25, -0.2) is 9.78 Å². The van der Waals surface area contributed by atoms with Crippen molar-refractivity contribution in [3.8, 4) is 5.75 Å². The summed E-state index contributed by atoms with van der Waals surface area (Å²) in [5.41, 5.74) is 3.84. The molecule has 0 saturated carbocycles. The molecule has 1 N–H and O–H groups in total. The number of hydrazone groups is 1. The molecule has 9 nitrogen and oxygen atoms in total. The van der Waals surface area contributed by atoms with E-state index in [0.717, 1.165) is 5.69 Å². The zero-order valence-electron chi connectivity index (χ0n) is 12.9. The van der Waals surface area contributed by atoms with Crippen LogP contribution in [0.1, 0.15) is 11.3 Å². The molecular formula is C14H14N4O5S. The molecule has 126 valence electrons. The predicted octanol–water partition coefficient (Wildman–Crippen LogP) is 2.36. The van der Waals surface area contributed by atoms with E-state index in [9.17, 15) is 14.9 Å². The van der Waals surface area contributed by atoms with Gasteiger partial charge in [0, 0.05) is 17.0 Å². The van der Waals surface area contributed by atoms with Crippen LogP contribution >= 0.6 is 11.3 Å². The Bertz CT molecular complexity index is 774. The van der Waals surface area contributed by atoms with Crippen LogP contribution < -0.4 is 10.2 Å². The standard InChI is InChI=1S/C14H14N4O5S/c1-9-8-24-14(16-9)17-15-6-10-3-4-12(11(5-10)18(20)21)23-7-13(19)22-2/h3-6,8H,7H2,1-2H3,(H,16,17). The fourth-order valence-corrected chi connectivity index (χ4v) is 2.28. The molecule has 0 radical (unpaired) electrons. The van der Waals surface area contributed by atoms with Crippen LogP contribution in [-0.4, -0.2) is 35.8 Å². The largest absolute Gasteiger partial charge is 0.475 e. The highest BCUT2D eigenvalue weighted by molar-refractivity contribution is 7.13. The van der Waals surface area contributed by atoms with Crippen molar-refractivity contribution in [1.82, 2.24) is 4.98 Å². The topological polar surface area (TPSA) is 116 Å². The number of benzene rings is 1. The van der Waals surface area contributed by atoms with E-state index >= 15 is 0 Å². The first kappa shape index (κ1) is 17.3. The van der Waals surface area contributed by atoms with Gasteiger partial charge >= 0.3 is 11.7 Å². The number of nitrogens with zero attached hydrogens (tertiary/aromatic N) is 3. The fourth-order valence-electron chi connectivity index (χ4n) is 1.64. The number of carbonyl (C=O) groups is 1. The molecule has 2 rings (SSSR count). The van der Waals surface area contributed by atoms with Crippen molar-refractivity contribution in [2.75, 3.05) is 19.1 Å². The van der Waals surface area contributed by atoms with Crippen LogP contribution in [0.15, 0.2) is 28.7 Å². The van der Waals surface area contributed by atoms with Crippen molar-refractivity contribution in [1.29, 1.82) is 0 Å². The van der Waals surface area contributed by atoms with E-state index in [2.05, 4.69) is 20.2 Å². The molecule has 0 fully saturated rings. The van der Waals surface area contributed by atoms with Gasteiger partial charge in [-0.15, -0.1) is 11.3 Å². The number of hydrogen-bond donors (Lipinski definition) is 1. The molecule has 10 heteroatoms. The van der Waals surface area contributed by atoms with Crippen LogP contribution in [0.3, 0.4) is 0 Å². The third kappa shape index (κ3) is 4.74. The third-order valence-electron chi connectivity index (χ3n) is 2.75. The first-order valence-electron chi connectivity index (χ1n) is 6.69. The van der Waals surface area contributed by atoms with Crippen molar-refractivity contribution in [2.24, 2.45) is 5.10 Å². The number of ether oxygens (including phenoxy) is 2. The summed E-state index contributed by atoms with van der Waals surface area (Å²) in [4.78, 5) is 25.8. The minimum absolute atomic E-state index is 0.0222. The Morgan fingerprint density at radius 2 is 2.33 bits per heavy atom. The van der Waals surface area contributed by atoms with Gasteiger partial charge in [-0.2, -0.15) is 5.10 Å². The van der Waals surface area contributed by atoms with E-state index < -0.39 is 17.5 Å². The highest BCUT2D eigenvalue weighted by Crippen LogP contribution is 2.27. The molecule has 0 aliphatic rings. The highest BCUT2D eigenvalue weighted by Gasteiger charge is 2.17. The summed E-state index contributed by atoms with van der Waals surface area (Å²) in [7, 11) is 1.20. The lowest BCUT2D eigenvalue weighted by atomic mass is 10.2. The molecule has 0 spiro atoms. The first-order valence-corrected chi connectivity index (χ1v) is 7.57. The number of nitro groups is 1. The van der Waals surface area contributed by atoms with Gasteiger partial charge in [0.05, 0.1) is 23.9 Å². The molecule has 2 aromatic rings. The lowest BCUT2D eigenvalue weighted by molar-refractivity contribution is -0.385. The van der Waals surface area contributed by atoms with E-state index in [4.69, 9.17) is 4.74 Å². The first-order chi connectivity index (χ1) is 11.5. The summed E-state index contributed by atoms with van der Waals surface area (Å²) in [6, 6.07) is 4.28. The number of aryl methyl sites for hydroxylation is 1. The maximum Gasteiger partial charge on any atom is 0.343 e. The summed E-state index contributed by atoms with van der Waals surface area (Å²) < 4.78 is 9.52. The van der Waals surface area contributed by atoms with Gasteiger partial charge in [0.15, 0.2) is 12.4 Å². The van der Waals surface area contributed by atoms with Crippen LogP contribution in [0.25, 0.3) is 0 Å². The number of carbonyl (C=O) groups excluding carboxylic acids is 1. The Labute approximate surface area is 141 Å². The number of anilines is 1. The van der Waals surface area contributed by atoms with E-state index in [1.165, 1.54) is 36.8 Å². The zero-order chi connectivity index (χ0) is 17.5. The summed E-state index contributed by atoms with van der Waals surface area (Å²) in [6.45, 7) is 1.46. The van der Waals surface area contributed by atoms with Gasteiger partial charge in [-0.05, 0) is 19.1 Å². The van der Waals surface area contributed by atoms with Gasteiger partial charge in [-0.1, -0.05) is 0 Å². The summed E-state index contributed by atoms with van der Waals surface area (Å²) in [5.74, 6) is -0.649. The Hall–Kier alpha value is -3.01. The number of esters is 1. The van der Waals surface area contributed by atoms with Crippen molar-refractivity contribution < 1.29 is 19.2 Å². The van der Waals surface area contributed by atoms with E-state index in [1.54, 1.807) is 6.07 Å². The van der Waals surface area contributed by atoms with Crippen LogP contribution in [0.5, 0.6) is 5.75 Å². The maximum atomic E-state index is 11.1. The minimum atomic E-state index is -0.627. The Morgan fingerprint density at radius 1 is 1.54 bits per heavy atom. The number of nitrogens with one attached hydrogen (secondary N) is 1. The molecule has 0 bridgehead atoms. The van der Waals surface area contributed by atoms with Crippen molar-refractivity contribution in [3.05, 3.63) is 45.0 Å². The maximum absolute atomic E-state index is 11.1. The number of rotatable bonds is 7. The SMILES string of the molecule is COC(=O)COc1ccc(C=NNc2nc(C)cs2)cc1[N+](=O)[O-]. The zero-order valence-corrected chi connectivity index (χ0v) is 13.7. The van der Waals surface area contributed by atoms with E-state index in [-0.39, 0.29) is 11.4 Å². The lowest BCUT2D eigenvalue weighted by Crippen LogP contribution is -2.13. The quantitative estimate of drug-likeness (QED) is 0.352. The van der Waals surface area contributed by atoms with Gasteiger partial charge in [-0.3, -0.25) is 15.5 Å². The number of aromatic nitrogens is 1. The molecule has 0 aliphatic carbocycles. The third-order valence-corrected chi connectivity index (χ3v) is 3.61. The number of hydrogen-bond acceptors (Lipinski definition) is 9. The average Bonchev–Trinajstić information content (AvgIpc) is 2.98. The summed E-state index contributed by atoms with van der Waals surface area (Å²) in [6.07, 6.45) is 1.42. The average molecular weight is 350 g/mol. The molecule has 0 amide bonds. The summed E-state index contributed by atoms with van der Waals surface area (Å²) in [5, 5.41) is 17.6. The van der Waals surface area contributed by atoms with Gasteiger partial charge in [0.1, 0.15) is 0 Å². The second-order valence-corrected chi connectivity index (χ2v) is 5.37. The van der Waals surface area contributed by atoms with Crippen LogP contribution in [0.2, 0.25) is 0 Å². The van der Waals surface area contributed by atoms with Crippen LogP contribution in [0, 0.1) is 17.0 Å². The van der Waals surface area contributed by atoms with E-state index in [1.807, 2.05) is 12.3 Å². The van der Waals surface area contributed by atoms with Crippen molar-refractivity contribution in [2.45, 2.75) is 6.92 Å². The molecule has 0 saturated heterocycles. The molecule has 24 heavy (non-hydrogen) atoms. The van der Waals surface area contributed by atoms with Gasteiger partial charge < -0.3 is 9.47 Å². The van der Waals surface area contributed by atoms with Crippen molar-refractivity contribution in [3.63, 3.8) is 0 Å². The molecule has 1 heterocycles. The van der Waals surface area contributed by atoms with Crippen LogP contribution in [0.4, 0.5) is 10.8 Å². The molecular weight excluding hydrogens is 336 g/mol. The molecule has 0 unspecified atom stereocenters. The lowest BCUT2D eigenvalue weighted by Gasteiger charge is -2.06. The van der Waals surface area contributed by atoms with Crippen LogP contribution in [-0.2, 0) is 9.53 Å². The number of thiazole rings is 1. The Kier molecular flexibility index (Phi) is 5.79. The minimum Gasteiger partial charge on any atom is -0.475 e. The van der Waals surface area contributed by atoms with Gasteiger partial charge in [0.2, 0.25) is 5.13 Å². The predicted molar refractivity (Wildman–Crippen MR) is 88.7 cm³/mol. The fraction of sp³-hybridized carbons (Fsp3) is 0.214. The molecule has 0 atom stereocenters. The smallest absolute Gasteiger partial charge is 0.343 e.